The fourth-order valence-electron chi connectivity index (χ4n) is 4.55. The number of amides is 1. The van der Waals surface area contributed by atoms with Crippen molar-refractivity contribution in [2.45, 2.75) is 24.3 Å². The molecule has 0 atom stereocenters. The number of hydrogen-bond acceptors (Lipinski definition) is 5. The predicted octanol–water partition coefficient (Wildman–Crippen LogP) is 2.53. The molecule has 0 aliphatic carbocycles. The predicted molar refractivity (Wildman–Crippen MR) is 126 cm³/mol. The van der Waals surface area contributed by atoms with E-state index in [0.717, 1.165) is 25.2 Å². The van der Waals surface area contributed by atoms with E-state index >= 15 is 0 Å². The van der Waals surface area contributed by atoms with E-state index in [1.807, 2.05) is 24.1 Å². The minimum Gasteiger partial charge on any atom is -0.371 e. The van der Waals surface area contributed by atoms with Crippen molar-refractivity contribution in [2.24, 2.45) is 0 Å². The van der Waals surface area contributed by atoms with Gasteiger partial charge in [0.1, 0.15) is 0 Å². The summed E-state index contributed by atoms with van der Waals surface area (Å²) in [6, 6.07) is 10.8. The van der Waals surface area contributed by atoms with Crippen molar-refractivity contribution in [1.29, 1.82) is 0 Å². The van der Waals surface area contributed by atoms with Gasteiger partial charge in [0.2, 0.25) is 15.9 Å². The third-order valence-corrected chi connectivity index (χ3v) is 8.30. The van der Waals surface area contributed by atoms with Crippen LogP contribution in [0, 0.1) is 11.6 Å². The molecule has 0 radical (unpaired) electrons. The van der Waals surface area contributed by atoms with Gasteiger partial charge in [-0.1, -0.05) is 18.2 Å². The SMILES string of the molecule is CN(CC(=O)N1CCN(S(=O)(=O)c2ccc(F)c(F)c2)CC1)Cc1ccccc1N1CCCC1. The number of hydrogen-bond donors (Lipinski definition) is 0. The van der Waals surface area contributed by atoms with Crippen LogP contribution in [0.25, 0.3) is 0 Å². The number of sulfonamides is 1. The summed E-state index contributed by atoms with van der Waals surface area (Å²) >= 11 is 0. The molecule has 7 nitrogen and oxygen atoms in total. The van der Waals surface area contributed by atoms with Crippen LogP contribution in [0.2, 0.25) is 0 Å². The molecule has 0 unspecified atom stereocenters. The molecule has 4 rings (SSSR count). The van der Waals surface area contributed by atoms with Crippen LogP contribution in [-0.4, -0.2) is 81.3 Å². The summed E-state index contributed by atoms with van der Waals surface area (Å²) in [6.45, 7) is 3.69. The van der Waals surface area contributed by atoms with E-state index in [1.165, 1.54) is 28.4 Å². The summed E-state index contributed by atoms with van der Waals surface area (Å²) < 4.78 is 53.4. The zero-order valence-electron chi connectivity index (χ0n) is 19.3. The lowest BCUT2D eigenvalue weighted by molar-refractivity contribution is -0.133. The Kier molecular flexibility index (Phi) is 7.49. The van der Waals surface area contributed by atoms with Crippen LogP contribution in [0.3, 0.4) is 0 Å². The minimum absolute atomic E-state index is 0.0639. The molecular formula is C24H30F2N4O3S. The minimum atomic E-state index is -3.95. The first kappa shape index (κ1) is 24.6. The number of anilines is 1. The fraction of sp³-hybridized carbons (Fsp3) is 0.458. The van der Waals surface area contributed by atoms with Gasteiger partial charge < -0.3 is 9.80 Å². The van der Waals surface area contributed by atoms with Crippen LogP contribution in [0.1, 0.15) is 18.4 Å². The highest BCUT2D eigenvalue weighted by Crippen LogP contribution is 2.25. The Bertz CT molecular complexity index is 1130. The number of carbonyl (C=O) groups is 1. The average Bonchev–Trinajstić information content (AvgIpc) is 3.36. The van der Waals surface area contributed by atoms with Gasteiger partial charge in [0.15, 0.2) is 11.6 Å². The van der Waals surface area contributed by atoms with Crippen molar-refractivity contribution in [2.75, 3.05) is 57.8 Å². The van der Waals surface area contributed by atoms with Crippen molar-refractivity contribution < 1.29 is 22.0 Å². The first-order chi connectivity index (χ1) is 16.3. The molecule has 0 bridgehead atoms. The summed E-state index contributed by atoms with van der Waals surface area (Å²) in [5.41, 5.74) is 2.40. The van der Waals surface area contributed by atoms with Crippen molar-refractivity contribution in [3.05, 3.63) is 59.7 Å². The molecule has 0 aromatic heterocycles. The van der Waals surface area contributed by atoms with E-state index < -0.39 is 21.7 Å². The second-order valence-corrected chi connectivity index (χ2v) is 10.8. The number of benzene rings is 2. The number of likely N-dealkylation sites (N-methyl/N-ethyl adjacent to an activating group) is 1. The Hall–Kier alpha value is -2.56. The molecule has 2 heterocycles. The number of rotatable bonds is 7. The second kappa shape index (κ2) is 10.4. The maximum Gasteiger partial charge on any atom is 0.243 e. The Morgan fingerprint density at radius 2 is 1.62 bits per heavy atom. The van der Waals surface area contributed by atoms with Crippen molar-refractivity contribution >= 4 is 21.6 Å². The molecule has 10 heteroatoms. The highest BCUT2D eigenvalue weighted by Gasteiger charge is 2.31. The maximum absolute atomic E-state index is 13.5. The topological polar surface area (TPSA) is 64.2 Å². The lowest BCUT2D eigenvalue weighted by Gasteiger charge is -2.35. The Morgan fingerprint density at radius 3 is 2.29 bits per heavy atom. The first-order valence-corrected chi connectivity index (χ1v) is 12.9. The van der Waals surface area contributed by atoms with Crippen LogP contribution in [-0.2, 0) is 21.4 Å². The first-order valence-electron chi connectivity index (χ1n) is 11.5. The summed E-state index contributed by atoms with van der Waals surface area (Å²) in [6.07, 6.45) is 2.39. The van der Waals surface area contributed by atoms with Gasteiger partial charge in [-0.15, -0.1) is 0 Å². The van der Waals surface area contributed by atoms with Gasteiger partial charge in [-0.3, -0.25) is 9.69 Å². The van der Waals surface area contributed by atoms with Gasteiger partial charge in [0.25, 0.3) is 0 Å². The van der Waals surface area contributed by atoms with Gasteiger partial charge in [-0.2, -0.15) is 4.31 Å². The average molecular weight is 493 g/mol. The molecule has 184 valence electrons. The van der Waals surface area contributed by atoms with Crippen molar-refractivity contribution in [1.82, 2.24) is 14.1 Å². The number of piperazine rings is 1. The number of para-hydroxylation sites is 1. The monoisotopic (exact) mass is 492 g/mol. The van der Waals surface area contributed by atoms with E-state index in [9.17, 15) is 22.0 Å². The highest BCUT2D eigenvalue weighted by atomic mass is 32.2. The molecule has 0 spiro atoms. The summed E-state index contributed by atoms with van der Waals surface area (Å²) in [5, 5.41) is 0. The molecule has 1 amide bonds. The van der Waals surface area contributed by atoms with E-state index in [4.69, 9.17) is 0 Å². The Balaban J connectivity index is 1.32. The second-order valence-electron chi connectivity index (χ2n) is 8.86. The maximum atomic E-state index is 13.5. The normalized spacial score (nSPS) is 17.5. The molecule has 2 saturated heterocycles. The van der Waals surface area contributed by atoms with Crippen molar-refractivity contribution in [3.8, 4) is 0 Å². The number of carbonyl (C=O) groups excluding carboxylic acids is 1. The number of nitrogens with zero attached hydrogens (tertiary/aromatic N) is 4. The van der Waals surface area contributed by atoms with Crippen molar-refractivity contribution in [3.63, 3.8) is 0 Å². The number of halogens is 2. The quantitative estimate of drug-likeness (QED) is 0.595. The molecule has 0 N–H and O–H groups in total. The van der Waals surface area contributed by atoms with Crippen LogP contribution >= 0.6 is 0 Å². The van der Waals surface area contributed by atoms with E-state index in [2.05, 4.69) is 17.0 Å². The Labute approximate surface area is 199 Å². The molecule has 0 saturated carbocycles. The molecule has 2 fully saturated rings. The van der Waals surface area contributed by atoms with Gasteiger partial charge in [-0.05, 0) is 49.7 Å². The summed E-state index contributed by atoms with van der Waals surface area (Å²) in [5.74, 6) is -2.36. The van der Waals surface area contributed by atoms with Crippen LogP contribution in [0.5, 0.6) is 0 Å². The van der Waals surface area contributed by atoms with Gasteiger partial charge >= 0.3 is 0 Å². The van der Waals surface area contributed by atoms with Crippen LogP contribution in [0.15, 0.2) is 47.4 Å². The van der Waals surface area contributed by atoms with Gasteiger partial charge in [-0.25, -0.2) is 17.2 Å². The van der Waals surface area contributed by atoms with E-state index in [1.54, 1.807) is 4.90 Å². The van der Waals surface area contributed by atoms with E-state index in [0.29, 0.717) is 12.6 Å². The molecule has 2 aromatic carbocycles. The summed E-state index contributed by atoms with van der Waals surface area (Å²) in [7, 11) is -2.05. The third-order valence-electron chi connectivity index (χ3n) is 6.40. The van der Waals surface area contributed by atoms with Crippen LogP contribution < -0.4 is 4.90 Å². The largest absolute Gasteiger partial charge is 0.371 e. The zero-order valence-corrected chi connectivity index (χ0v) is 20.1. The lowest BCUT2D eigenvalue weighted by atomic mass is 10.1. The standard InChI is InChI=1S/C24H30F2N4O3S/c1-27(17-19-6-2-3-7-23(19)28-10-4-5-11-28)18-24(31)29-12-14-30(15-13-29)34(32,33)20-8-9-21(25)22(26)16-20/h2-3,6-9,16H,4-5,10-15,17-18H2,1H3. The van der Waals surface area contributed by atoms with Crippen LogP contribution in [0.4, 0.5) is 14.5 Å². The fourth-order valence-corrected chi connectivity index (χ4v) is 5.99. The lowest BCUT2D eigenvalue weighted by Crippen LogP contribution is -2.52. The van der Waals surface area contributed by atoms with E-state index in [-0.39, 0.29) is 43.5 Å². The molecule has 2 aromatic rings. The zero-order chi connectivity index (χ0) is 24.3. The molecule has 34 heavy (non-hydrogen) atoms. The summed E-state index contributed by atoms with van der Waals surface area (Å²) in [4.78, 5) is 18.6. The molecule has 2 aliphatic rings. The third kappa shape index (κ3) is 5.39. The van der Waals surface area contributed by atoms with Gasteiger partial charge in [0.05, 0.1) is 11.4 Å². The molecular weight excluding hydrogens is 462 g/mol. The Morgan fingerprint density at radius 1 is 0.941 bits per heavy atom. The van der Waals surface area contributed by atoms with Gasteiger partial charge in [0, 0.05) is 51.5 Å². The molecule has 2 aliphatic heterocycles. The smallest absolute Gasteiger partial charge is 0.243 e. The highest BCUT2D eigenvalue weighted by molar-refractivity contribution is 7.89.